The fraction of sp³-hybridized carbons (Fsp3) is 0.600. The van der Waals surface area contributed by atoms with Crippen LogP contribution in [-0.2, 0) is 25.6 Å². The van der Waals surface area contributed by atoms with Crippen LogP contribution in [0.4, 0.5) is 0 Å². The summed E-state index contributed by atoms with van der Waals surface area (Å²) >= 11 is 0. The Labute approximate surface area is 201 Å². The first-order chi connectivity index (χ1) is 15.9. The Balaban J connectivity index is 2.49. The van der Waals surface area contributed by atoms with Crippen molar-refractivity contribution >= 4 is 23.6 Å². The van der Waals surface area contributed by atoms with Gasteiger partial charge in [-0.1, -0.05) is 65.0 Å². The Bertz CT molecular complexity index is 871. The molecule has 0 saturated carbocycles. The summed E-state index contributed by atoms with van der Waals surface area (Å²) in [6, 6.07) is 5.31. The third-order valence-electron chi connectivity index (χ3n) is 6.28. The lowest BCUT2D eigenvalue weighted by Crippen LogP contribution is -2.64. The normalized spacial score (nSPS) is 26.5. The van der Waals surface area contributed by atoms with E-state index in [0.717, 1.165) is 5.56 Å². The number of hydrogen-bond acceptors (Lipinski definition) is 5. The molecule has 2 rings (SSSR count). The SMILES string of the molecule is CC(C)[C@@H]1NC(=O)[C@H](Cc2ccccc2)NC(=O)[C@H]([C@H](C)[C@@H](C)O)NC(=O)[C@H](C(C)C)NC1=O. The van der Waals surface area contributed by atoms with Gasteiger partial charge >= 0.3 is 0 Å². The van der Waals surface area contributed by atoms with Gasteiger partial charge in [-0.3, -0.25) is 19.2 Å². The minimum absolute atomic E-state index is 0.198. The van der Waals surface area contributed by atoms with Crippen molar-refractivity contribution in [3.63, 3.8) is 0 Å². The summed E-state index contributed by atoms with van der Waals surface area (Å²) in [4.78, 5) is 52.8. The highest BCUT2D eigenvalue weighted by Crippen LogP contribution is 2.14. The topological polar surface area (TPSA) is 137 Å². The third-order valence-corrected chi connectivity index (χ3v) is 6.28. The van der Waals surface area contributed by atoms with E-state index in [4.69, 9.17) is 0 Å². The van der Waals surface area contributed by atoms with Gasteiger partial charge < -0.3 is 26.4 Å². The standard InChI is InChI=1S/C25H38N4O5/c1-13(2)19-23(32)28-20(14(3)4)24(33)29-21(15(5)16(6)30)25(34)26-18(22(31)27-19)12-17-10-8-7-9-11-17/h7-11,13-16,18-21,30H,12H2,1-6H3,(H,26,34)(H,27,31)(H,28,32)(H,29,33)/t15-,16-,18+,19+,20+,21+/m1/s1. The molecule has 1 heterocycles. The molecule has 0 aliphatic carbocycles. The van der Waals surface area contributed by atoms with Crippen molar-refractivity contribution in [2.75, 3.05) is 0 Å². The van der Waals surface area contributed by atoms with E-state index in [9.17, 15) is 24.3 Å². The maximum atomic E-state index is 13.3. The Kier molecular flexibility index (Phi) is 9.61. The minimum Gasteiger partial charge on any atom is -0.393 e. The zero-order chi connectivity index (χ0) is 25.6. The molecule has 1 saturated heterocycles. The van der Waals surface area contributed by atoms with Crippen molar-refractivity contribution in [2.24, 2.45) is 17.8 Å². The van der Waals surface area contributed by atoms with Crippen LogP contribution in [-0.4, -0.2) is 59.0 Å². The molecular formula is C25H38N4O5. The molecule has 5 N–H and O–H groups in total. The van der Waals surface area contributed by atoms with Gasteiger partial charge in [0, 0.05) is 12.3 Å². The second-order valence-corrected chi connectivity index (χ2v) is 9.80. The molecule has 0 spiro atoms. The molecule has 0 unspecified atom stereocenters. The first kappa shape index (κ1) is 27.3. The number of hydrogen-bond donors (Lipinski definition) is 5. The monoisotopic (exact) mass is 474 g/mol. The van der Waals surface area contributed by atoms with E-state index in [1.807, 2.05) is 30.3 Å². The number of nitrogens with one attached hydrogen (secondary N) is 4. The second kappa shape index (κ2) is 12.0. The lowest BCUT2D eigenvalue weighted by atomic mass is 9.93. The number of carbonyl (C=O) groups excluding carboxylic acids is 4. The predicted octanol–water partition coefficient (Wildman–Crippen LogP) is 0.511. The van der Waals surface area contributed by atoms with E-state index in [1.54, 1.807) is 34.6 Å². The highest BCUT2D eigenvalue weighted by Gasteiger charge is 2.38. The molecule has 0 bridgehead atoms. The average Bonchev–Trinajstić information content (AvgIpc) is 2.77. The number of carbonyl (C=O) groups is 4. The molecule has 6 atom stereocenters. The molecule has 188 valence electrons. The van der Waals surface area contributed by atoms with Crippen LogP contribution in [0, 0.1) is 17.8 Å². The van der Waals surface area contributed by atoms with E-state index in [1.165, 1.54) is 6.92 Å². The molecule has 9 heteroatoms. The molecule has 0 aromatic heterocycles. The lowest BCUT2D eigenvalue weighted by molar-refractivity contribution is -0.139. The van der Waals surface area contributed by atoms with Crippen molar-refractivity contribution in [1.82, 2.24) is 21.3 Å². The van der Waals surface area contributed by atoms with Crippen molar-refractivity contribution in [3.8, 4) is 0 Å². The summed E-state index contributed by atoms with van der Waals surface area (Å²) in [5, 5.41) is 21.1. The number of aliphatic hydroxyl groups is 1. The molecule has 1 fully saturated rings. The van der Waals surface area contributed by atoms with Crippen molar-refractivity contribution in [1.29, 1.82) is 0 Å². The maximum absolute atomic E-state index is 13.3. The van der Waals surface area contributed by atoms with Crippen LogP contribution in [0.5, 0.6) is 0 Å². The molecule has 9 nitrogen and oxygen atoms in total. The fourth-order valence-electron chi connectivity index (χ4n) is 3.84. The summed E-state index contributed by atoms with van der Waals surface area (Å²) in [6.45, 7) is 10.3. The Morgan fingerprint density at radius 3 is 1.59 bits per heavy atom. The summed E-state index contributed by atoms with van der Waals surface area (Å²) in [7, 11) is 0. The van der Waals surface area contributed by atoms with Gasteiger partial charge in [0.2, 0.25) is 23.6 Å². The molecule has 0 radical (unpaired) electrons. The van der Waals surface area contributed by atoms with E-state index >= 15 is 0 Å². The highest BCUT2D eigenvalue weighted by molar-refractivity contribution is 5.97. The van der Waals surface area contributed by atoms with E-state index in [0.29, 0.717) is 0 Å². The van der Waals surface area contributed by atoms with Gasteiger partial charge in [0.15, 0.2) is 0 Å². The van der Waals surface area contributed by atoms with Crippen LogP contribution in [0.15, 0.2) is 30.3 Å². The zero-order valence-electron chi connectivity index (χ0n) is 20.8. The summed E-state index contributed by atoms with van der Waals surface area (Å²) in [6.07, 6.45) is -0.703. The predicted molar refractivity (Wildman–Crippen MR) is 128 cm³/mol. The maximum Gasteiger partial charge on any atom is 0.243 e. The second-order valence-electron chi connectivity index (χ2n) is 9.80. The van der Waals surface area contributed by atoms with Crippen molar-refractivity contribution < 1.29 is 24.3 Å². The van der Waals surface area contributed by atoms with Gasteiger partial charge in [0.05, 0.1) is 6.10 Å². The largest absolute Gasteiger partial charge is 0.393 e. The molecule has 34 heavy (non-hydrogen) atoms. The fourth-order valence-corrected chi connectivity index (χ4v) is 3.84. The van der Waals surface area contributed by atoms with Crippen LogP contribution in [0.3, 0.4) is 0 Å². The number of rotatable bonds is 6. The van der Waals surface area contributed by atoms with Crippen LogP contribution < -0.4 is 21.3 Å². The molecule has 1 aromatic carbocycles. The minimum atomic E-state index is -1.10. The van der Waals surface area contributed by atoms with Gasteiger partial charge in [0.1, 0.15) is 24.2 Å². The van der Waals surface area contributed by atoms with E-state index in [-0.39, 0.29) is 18.3 Å². The van der Waals surface area contributed by atoms with Crippen molar-refractivity contribution in [3.05, 3.63) is 35.9 Å². The Hall–Kier alpha value is -2.94. The highest BCUT2D eigenvalue weighted by atomic mass is 16.3. The van der Waals surface area contributed by atoms with Gasteiger partial charge in [0.25, 0.3) is 0 Å². The number of benzene rings is 1. The first-order valence-corrected chi connectivity index (χ1v) is 11.9. The lowest BCUT2D eigenvalue weighted by Gasteiger charge is -2.33. The molecule has 4 amide bonds. The summed E-state index contributed by atoms with van der Waals surface area (Å²) in [5.41, 5.74) is 0.824. The zero-order valence-corrected chi connectivity index (χ0v) is 20.8. The Morgan fingerprint density at radius 2 is 1.12 bits per heavy atom. The van der Waals surface area contributed by atoms with Crippen LogP contribution in [0.1, 0.15) is 47.1 Å². The first-order valence-electron chi connectivity index (χ1n) is 11.9. The van der Waals surface area contributed by atoms with Crippen LogP contribution in [0.25, 0.3) is 0 Å². The molecule has 1 aliphatic rings. The summed E-state index contributed by atoms with van der Waals surface area (Å²) in [5.74, 6) is -3.23. The van der Waals surface area contributed by atoms with E-state index < -0.39 is 59.8 Å². The van der Waals surface area contributed by atoms with Crippen molar-refractivity contribution in [2.45, 2.75) is 78.2 Å². The van der Waals surface area contributed by atoms with Gasteiger partial charge in [-0.15, -0.1) is 0 Å². The smallest absolute Gasteiger partial charge is 0.243 e. The van der Waals surface area contributed by atoms with Crippen LogP contribution in [0.2, 0.25) is 0 Å². The van der Waals surface area contributed by atoms with Gasteiger partial charge in [-0.2, -0.15) is 0 Å². The molecular weight excluding hydrogens is 436 g/mol. The number of aliphatic hydroxyl groups excluding tert-OH is 1. The van der Waals surface area contributed by atoms with Gasteiger partial charge in [-0.25, -0.2) is 0 Å². The average molecular weight is 475 g/mol. The summed E-state index contributed by atoms with van der Waals surface area (Å²) < 4.78 is 0. The quantitative estimate of drug-likeness (QED) is 0.409. The van der Waals surface area contributed by atoms with E-state index in [2.05, 4.69) is 21.3 Å². The molecule has 1 aliphatic heterocycles. The van der Waals surface area contributed by atoms with Crippen LogP contribution >= 0.6 is 0 Å². The third kappa shape index (κ3) is 7.03. The number of amides is 4. The van der Waals surface area contributed by atoms with Gasteiger partial charge in [-0.05, 0) is 24.3 Å². The molecule has 1 aromatic rings. The Morgan fingerprint density at radius 1 is 0.676 bits per heavy atom.